The van der Waals surface area contributed by atoms with E-state index in [1.807, 2.05) is 54.6 Å². The number of alkyl halides is 1. The molecule has 1 aliphatic carbocycles. The van der Waals surface area contributed by atoms with Crippen LogP contribution in [0.2, 0.25) is 0 Å². The maximum atomic E-state index is 5.93. The second-order valence-corrected chi connectivity index (χ2v) is 5.31. The van der Waals surface area contributed by atoms with Crippen molar-refractivity contribution in [3.63, 3.8) is 0 Å². The third-order valence-corrected chi connectivity index (χ3v) is 3.50. The Morgan fingerprint density at radius 3 is 2.00 bits per heavy atom. The summed E-state index contributed by atoms with van der Waals surface area (Å²) in [5.74, 6) is 2.51. The highest BCUT2D eigenvalue weighted by Gasteiger charge is 2.28. The second-order valence-electron chi connectivity index (χ2n) is 4.70. The van der Waals surface area contributed by atoms with Crippen molar-refractivity contribution in [1.82, 2.24) is 0 Å². The molecule has 0 atom stereocenters. The quantitative estimate of drug-likeness (QED) is 0.757. The standard InChI is InChI=1S/C16H15ClO2/c17-12-10-16(11-12)19-15-8-6-14(7-9-15)18-13-4-2-1-3-5-13/h1-9,12,16H,10-11H2. The predicted octanol–water partition coefficient (Wildman–Crippen LogP) is 4.63. The van der Waals surface area contributed by atoms with Crippen molar-refractivity contribution in [2.75, 3.05) is 0 Å². The van der Waals surface area contributed by atoms with Crippen molar-refractivity contribution in [2.24, 2.45) is 0 Å². The van der Waals surface area contributed by atoms with E-state index in [1.165, 1.54) is 0 Å². The maximum absolute atomic E-state index is 5.93. The molecule has 3 heteroatoms. The van der Waals surface area contributed by atoms with Crippen LogP contribution in [0.25, 0.3) is 0 Å². The number of benzene rings is 2. The van der Waals surface area contributed by atoms with E-state index < -0.39 is 0 Å². The van der Waals surface area contributed by atoms with Crippen LogP contribution in [-0.2, 0) is 0 Å². The van der Waals surface area contributed by atoms with Gasteiger partial charge in [-0.25, -0.2) is 0 Å². The molecule has 19 heavy (non-hydrogen) atoms. The Balaban J connectivity index is 1.59. The predicted molar refractivity (Wildman–Crippen MR) is 76.2 cm³/mol. The average Bonchev–Trinajstić information content (AvgIpc) is 2.40. The second kappa shape index (κ2) is 5.54. The van der Waals surface area contributed by atoms with Crippen LogP contribution in [0.15, 0.2) is 54.6 Å². The molecule has 0 spiro atoms. The molecule has 0 unspecified atom stereocenters. The minimum atomic E-state index is 0.267. The van der Waals surface area contributed by atoms with Gasteiger partial charge in [-0.2, -0.15) is 0 Å². The molecule has 2 aromatic carbocycles. The number of hydrogen-bond acceptors (Lipinski definition) is 2. The van der Waals surface area contributed by atoms with Crippen molar-refractivity contribution in [3.8, 4) is 17.2 Å². The summed E-state index contributed by atoms with van der Waals surface area (Å²) in [7, 11) is 0. The first kappa shape index (κ1) is 12.4. The summed E-state index contributed by atoms with van der Waals surface area (Å²) < 4.78 is 11.5. The summed E-state index contributed by atoms with van der Waals surface area (Å²) in [5.41, 5.74) is 0. The summed E-state index contributed by atoms with van der Waals surface area (Å²) in [6, 6.07) is 17.4. The van der Waals surface area contributed by atoms with Gasteiger partial charge in [0.05, 0.1) is 0 Å². The minimum absolute atomic E-state index is 0.267. The van der Waals surface area contributed by atoms with E-state index in [0.717, 1.165) is 30.1 Å². The molecule has 0 aliphatic heterocycles. The number of para-hydroxylation sites is 1. The summed E-state index contributed by atoms with van der Waals surface area (Å²) in [5, 5.41) is 0.283. The molecule has 1 saturated carbocycles. The van der Waals surface area contributed by atoms with Crippen molar-refractivity contribution >= 4 is 11.6 Å². The Morgan fingerprint density at radius 2 is 1.37 bits per heavy atom. The molecule has 1 aliphatic rings. The molecule has 1 fully saturated rings. The van der Waals surface area contributed by atoms with Gasteiger partial charge < -0.3 is 9.47 Å². The fourth-order valence-corrected chi connectivity index (χ4v) is 2.40. The molecule has 0 bridgehead atoms. The zero-order valence-corrected chi connectivity index (χ0v) is 11.2. The van der Waals surface area contributed by atoms with Crippen molar-refractivity contribution in [3.05, 3.63) is 54.6 Å². The number of ether oxygens (including phenoxy) is 2. The van der Waals surface area contributed by atoms with Gasteiger partial charge in [-0.05, 0) is 36.4 Å². The lowest BCUT2D eigenvalue weighted by atomic mass is 9.95. The summed E-state index contributed by atoms with van der Waals surface area (Å²) in [6.45, 7) is 0. The van der Waals surface area contributed by atoms with Crippen LogP contribution in [0.1, 0.15) is 12.8 Å². The van der Waals surface area contributed by atoms with E-state index >= 15 is 0 Å². The molecule has 2 aromatic rings. The number of hydrogen-bond donors (Lipinski definition) is 0. The summed E-state index contributed by atoms with van der Waals surface area (Å²) >= 11 is 5.93. The molecular weight excluding hydrogens is 260 g/mol. The topological polar surface area (TPSA) is 18.5 Å². The van der Waals surface area contributed by atoms with Gasteiger partial charge in [0, 0.05) is 18.2 Å². The van der Waals surface area contributed by atoms with Gasteiger partial charge in [0.15, 0.2) is 0 Å². The van der Waals surface area contributed by atoms with Gasteiger partial charge in [0.25, 0.3) is 0 Å². The molecule has 0 saturated heterocycles. The Morgan fingerprint density at radius 1 is 0.789 bits per heavy atom. The fraction of sp³-hybridized carbons (Fsp3) is 0.250. The van der Waals surface area contributed by atoms with Crippen molar-refractivity contribution < 1.29 is 9.47 Å². The van der Waals surface area contributed by atoms with Crippen molar-refractivity contribution in [1.29, 1.82) is 0 Å². The smallest absolute Gasteiger partial charge is 0.127 e. The zero-order chi connectivity index (χ0) is 13.1. The SMILES string of the molecule is ClC1CC(Oc2ccc(Oc3ccccc3)cc2)C1. The van der Waals surface area contributed by atoms with E-state index in [4.69, 9.17) is 21.1 Å². The molecule has 0 radical (unpaired) electrons. The third-order valence-electron chi connectivity index (χ3n) is 3.14. The molecule has 0 N–H and O–H groups in total. The number of rotatable bonds is 4. The van der Waals surface area contributed by atoms with Gasteiger partial charge in [0.1, 0.15) is 23.4 Å². The van der Waals surface area contributed by atoms with Crippen LogP contribution in [0.5, 0.6) is 17.2 Å². The first-order valence-corrected chi connectivity index (χ1v) is 6.87. The number of halogens is 1. The van der Waals surface area contributed by atoms with Crippen LogP contribution in [0, 0.1) is 0 Å². The average molecular weight is 275 g/mol. The first-order valence-electron chi connectivity index (χ1n) is 6.43. The van der Waals surface area contributed by atoms with E-state index in [9.17, 15) is 0 Å². The lowest BCUT2D eigenvalue weighted by Crippen LogP contribution is -2.34. The van der Waals surface area contributed by atoms with Gasteiger partial charge >= 0.3 is 0 Å². The van der Waals surface area contributed by atoms with Crippen molar-refractivity contribution in [2.45, 2.75) is 24.3 Å². The molecule has 0 aromatic heterocycles. The van der Waals surface area contributed by atoms with Gasteiger partial charge in [-0.15, -0.1) is 11.6 Å². The van der Waals surface area contributed by atoms with Crippen LogP contribution in [0.4, 0.5) is 0 Å². The molecule has 2 nitrogen and oxygen atoms in total. The monoisotopic (exact) mass is 274 g/mol. The Kier molecular flexibility index (Phi) is 3.60. The largest absolute Gasteiger partial charge is 0.490 e. The van der Waals surface area contributed by atoms with E-state index in [-0.39, 0.29) is 11.5 Å². The highest BCUT2D eigenvalue weighted by Crippen LogP contribution is 2.31. The molecule has 0 amide bonds. The Bertz CT molecular complexity index is 518. The van der Waals surface area contributed by atoms with Crippen LogP contribution in [-0.4, -0.2) is 11.5 Å². The molecule has 3 rings (SSSR count). The zero-order valence-electron chi connectivity index (χ0n) is 10.5. The lowest BCUT2D eigenvalue weighted by Gasteiger charge is -2.31. The Labute approximate surface area is 117 Å². The molecule has 0 heterocycles. The highest BCUT2D eigenvalue weighted by molar-refractivity contribution is 6.21. The first-order chi connectivity index (χ1) is 9.29. The normalized spacial score (nSPS) is 21.5. The molecular formula is C16H15ClO2. The van der Waals surface area contributed by atoms with E-state index in [2.05, 4.69) is 0 Å². The van der Waals surface area contributed by atoms with E-state index in [0.29, 0.717) is 0 Å². The van der Waals surface area contributed by atoms with Crippen LogP contribution >= 0.6 is 11.6 Å². The Hall–Kier alpha value is -1.67. The highest BCUT2D eigenvalue weighted by atomic mass is 35.5. The maximum Gasteiger partial charge on any atom is 0.127 e. The van der Waals surface area contributed by atoms with Crippen LogP contribution in [0.3, 0.4) is 0 Å². The summed E-state index contributed by atoms with van der Waals surface area (Å²) in [4.78, 5) is 0. The van der Waals surface area contributed by atoms with Gasteiger partial charge in [0.2, 0.25) is 0 Å². The van der Waals surface area contributed by atoms with Crippen LogP contribution < -0.4 is 9.47 Å². The fourth-order valence-electron chi connectivity index (χ4n) is 2.00. The summed E-state index contributed by atoms with van der Waals surface area (Å²) in [6.07, 6.45) is 2.14. The lowest BCUT2D eigenvalue weighted by molar-refractivity contribution is 0.124. The minimum Gasteiger partial charge on any atom is -0.490 e. The van der Waals surface area contributed by atoms with Gasteiger partial charge in [-0.1, -0.05) is 18.2 Å². The van der Waals surface area contributed by atoms with Gasteiger partial charge in [-0.3, -0.25) is 0 Å². The van der Waals surface area contributed by atoms with E-state index in [1.54, 1.807) is 0 Å². The third kappa shape index (κ3) is 3.21. The molecule has 98 valence electrons.